The summed E-state index contributed by atoms with van der Waals surface area (Å²) in [4.78, 5) is 4.64. The van der Waals surface area contributed by atoms with E-state index in [0.717, 1.165) is 10.7 Å². The van der Waals surface area contributed by atoms with Crippen molar-refractivity contribution in [2.24, 2.45) is 5.73 Å². The van der Waals surface area contributed by atoms with Crippen LogP contribution in [0.3, 0.4) is 0 Å². The fourth-order valence-corrected chi connectivity index (χ4v) is 2.48. The fraction of sp³-hybridized carbons (Fsp3) is 0.750. The van der Waals surface area contributed by atoms with Crippen molar-refractivity contribution in [2.45, 2.75) is 51.7 Å². The van der Waals surface area contributed by atoms with Crippen LogP contribution in [-0.4, -0.2) is 18.2 Å². The van der Waals surface area contributed by atoms with E-state index in [0.29, 0.717) is 0 Å². The van der Waals surface area contributed by atoms with Gasteiger partial charge in [-0.2, -0.15) is 0 Å². The molecule has 0 radical (unpaired) electrons. The molecule has 0 saturated carbocycles. The molecule has 1 heterocycles. The second-order valence-corrected chi connectivity index (χ2v) is 6.31. The van der Waals surface area contributed by atoms with Crippen LogP contribution in [0, 0.1) is 0 Å². The lowest BCUT2D eigenvalue weighted by Crippen LogP contribution is -2.44. The van der Waals surface area contributed by atoms with E-state index in [1.807, 2.05) is 13.8 Å². The van der Waals surface area contributed by atoms with Crippen molar-refractivity contribution in [1.82, 2.24) is 4.98 Å². The molecule has 0 aliphatic heterocycles. The first-order chi connectivity index (χ1) is 7.19. The Bertz CT molecular complexity index is 352. The molecule has 16 heavy (non-hydrogen) atoms. The normalized spacial score (nSPS) is 18.2. The first-order valence-electron chi connectivity index (χ1n) is 5.47. The minimum absolute atomic E-state index is 0.0496. The van der Waals surface area contributed by atoms with E-state index >= 15 is 0 Å². The highest BCUT2D eigenvalue weighted by molar-refractivity contribution is 7.09. The van der Waals surface area contributed by atoms with Gasteiger partial charge in [0, 0.05) is 17.9 Å². The number of hydrogen-bond donors (Lipinski definition) is 1. The van der Waals surface area contributed by atoms with Crippen LogP contribution in [-0.2, 0) is 15.7 Å². The number of rotatable bonds is 3. The lowest BCUT2D eigenvalue weighted by molar-refractivity contribution is 0.0552. The molecule has 2 atom stereocenters. The highest BCUT2D eigenvalue weighted by Crippen LogP contribution is 2.30. The van der Waals surface area contributed by atoms with Crippen LogP contribution in [0.2, 0.25) is 0 Å². The third-order valence-electron chi connectivity index (χ3n) is 2.93. The Morgan fingerprint density at radius 2 is 1.94 bits per heavy atom. The van der Waals surface area contributed by atoms with Gasteiger partial charge in [0.2, 0.25) is 0 Å². The van der Waals surface area contributed by atoms with Crippen molar-refractivity contribution < 1.29 is 4.74 Å². The van der Waals surface area contributed by atoms with Crippen LogP contribution in [0.4, 0.5) is 0 Å². The van der Waals surface area contributed by atoms with Gasteiger partial charge in [0.25, 0.3) is 0 Å². The van der Waals surface area contributed by atoms with Gasteiger partial charge < -0.3 is 10.5 Å². The molecule has 1 aromatic heterocycles. The number of hydrogen-bond acceptors (Lipinski definition) is 4. The molecule has 2 N–H and O–H groups in total. The molecule has 0 saturated heterocycles. The number of nitrogens with two attached hydrogens (primary N) is 1. The summed E-state index contributed by atoms with van der Waals surface area (Å²) in [7, 11) is 1.67. The molecule has 0 spiro atoms. The van der Waals surface area contributed by atoms with Crippen LogP contribution in [0.1, 0.15) is 45.3 Å². The molecular weight excluding hydrogens is 220 g/mol. The van der Waals surface area contributed by atoms with Crippen molar-refractivity contribution in [2.75, 3.05) is 7.11 Å². The summed E-state index contributed by atoms with van der Waals surface area (Å²) in [6, 6.07) is 0. The van der Waals surface area contributed by atoms with Crippen molar-refractivity contribution in [1.29, 1.82) is 0 Å². The minimum atomic E-state index is -0.525. The maximum Gasteiger partial charge on any atom is 0.115 e. The molecule has 0 fully saturated rings. The molecule has 0 aromatic carbocycles. The molecule has 0 bridgehead atoms. The van der Waals surface area contributed by atoms with E-state index in [1.165, 1.54) is 0 Å². The zero-order chi connectivity index (χ0) is 12.6. The predicted molar refractivity (Wildman–Crippen MR) is 68.8 cm³/mol. The van der Waals surface area contributed by atoms with Gasteiger partial charge in [-0.25, -0.2) is 4.98 Å². The van der Waals surface area contributed by atoms with E-state index < -0.39 is 5.54 Å². The average Bonchev–Trinajstić information content (AvgIpc) is 2.64. The fourth-order valence-electron chi connectivity index (χ4n) is 1.28. The van der Waals surface area contributed by atoms with E-state index in [4.69, 9.17) is 10.5 Å². The summed E-state index contributed by atoms with van der Waals surface area (Å²) in [5.74, 6) is 0. The quantitative estimate of drug-likeness (QED) is 0.886. The standard InChI is InChI=1S/C12H22N2OS/c1-8(15-6)12(5,13)10-14-9(7-16-10)11(2,3)4/h7-8H,13H2,1-6H3. The lowest BCUT2D eigenvalue weighted by Gasteiger charge is -2.28. The molecule has 0 aliphatic carbocycles. The topological polar surface area (TPSA) is 48.1 Å². The predicted octanol–water partition coefficient (Wildman–Crippen LogP) is 2.65. The molecule has 0 aliphatic rings. The van der Waals surface area contributed by atoms with Crippen LogP contribution < -0.4 is 5.73 Å². The van der Waals surface area contributed by atoms with Gasteiger partial charge in [-0.15, -0.1) is 11.3 Å². The highest BCUT2D eigenvalue weighted by atomic mass is 32.1. The summed E-state index contributed by atoms with van der Waals surface area (Å²) in [5.41, 5.74) is 6.91. The highest BCUT2D eigenvalue weighted by Gasteiger charge is 2.33. The number of aromatic nitrogens is 1. The van der Waals surface area contributed by atoms with Gasteiger partial charge in [-0.05, 0) is 13.8 Å². The Morgan fingerprint density at radius 3 is 2.31 bits per heavy atom. The van der Waals surface area contributed by atoms with Crippen molar-refractivity contribution in [3.05, 3.63) is 16.1 Å². The molecule has 0 amide bonds. The van der Waals surface area contributed by atoms with Crippen molar-refractivity contribution in [3.63, 3.8) is 0 Å². The Hall–Kier alpha value is -0.450. The Morgan fingerprint density at radius 1 is 1.38 bits per heavy atom. The van der Waals surface area contributed by atoms with Crippen molar-refractivity contribution in [3.8, 4) is 0 Å². The first-order valence-corrected chi connectivity index (χ1v) is 6.35. The van der Waals surface area contributed by atoms with Gasteiger partial charge in [0.05, 0.1) is 17.3 Å². The second-order valence-electron chi connectivity index (χ2n) is 5.45. The van der Waals surface area contributed by atoms with Crippen LogP contribution in [0.25, 0.3) is 0 Å². The molecular formula is C12H22N2OS. The Kier molecular flexibility index (Phi) is 3.77. The monoisotopic (exact) mass is 242 g/mol. The SMILES string of the molecule is COC(C)C(C)(N)c1nc(C(C)(C)C)cs1. The minimum Gasteiger partial charge on any atom is -0.379 e. The van der Waals surface area contributed by atoms with Gasteiger partial charge in [0.1, 0.15) is 5.01 Å². The van der Waals surface area contributed by atoms with Crippen molar-refractivity contribution >= 4 is 11.3 Å². The summed E-state index contributed by atoms with van der Waals surface area (Å²) in [5, 5.41) is 3.02. The van der Waals surface area contributed by atoms with E-state index in [9.17, 15) is 0 Å². The molecule has 1 rings (SSSR count). The van der Waals surface area contributed by atoms with Gasteiger partial charge >= 0.3 is 0 Å². The lowest BCUT2D eigenvalue weighted by atomic mass is 9.93. The third kappa shape index (κ3) is 2.62. The third-order valence-corrected chi connectivity index (χ3v) is 4.03. The summed E-state index contributed by atoms with van der Waals surface area (Å²) >= 11 is 1.61. The molecule has 3 nitrogen and oxygen atoms in total. The Balaban J connectivity index is 3.02. The number of methoxy groups -OCH3 is 1. The molecule has 1 aromatic rings. The zero-order valence-corrected chi connectivity index (χ0v) is 11.8. The smallest absolute Gasteiger partial charge is 0.115 e. The van der Waals surface area contributed by atoms with E-state index in [2.05, 4.69) is 31.1 Å². The van der Waals surface area contributed by atoms with Crippen LogP contribution in [0.15, 0.2) is 5.38 Å². The van der Waals surface area contributed by atoms with Crippen LogP contribution in [0.5, 0.6) is 0 Å². The average molecular weight is 242 g/mol. The Labute approximate surface area is 102 Å². The maximum atomic E-state index is 6.27. The second kappa shape index (κ2) is 4.43. The molecule has 92 valence electrons. The molecule has 2 unspecified atom stereocenters. The zero-order valence-electron chi connectivity index (χ0n) is 11.0. The van der Waals surface area contributed by atoms with Gasteiger partial charge in [0.15, 0.2) is 0 Å². The summed E-state index contributed by atoms with van der Waals surface area (Å²) < 4.78 is 5.31. The van der Waals surface area contributed by atoms with E-state index in [-0.39, 0.29) is 11.5 Å². The van der Waals surface area contributed by atoms with Gasteiger partial charge in [-0.3, -0.25) is 0 Å². The summed E-state index contributed by atoms with van der Waals surface area (Å²) in [6.07, 6.45) is -0.0496. The van der Waals surface area contributed by atoms with Gasteiger partial charge in [-0.1, -0.05) is 20.8 Å². The first kappa shape index (κ1) is 13.6. The largest absolute Gasteiger partial charge is 0.379 e. The maximum absolute atomic E-state index is 6.27. The number of ether oxygens (including phenoxy) is 1. The molecule has 4 heteroatoms. The van der Waals surface area contributed by atoms with Crippen LogP contribution >= 0.6 is 11.3 Å². The summed E-state index contributed by atoms with van der Waals surface area (Å²) in [6.45, 7) is 10.4. The number of thiazole rings is 1. The number of nitrogens with zero attached hydrogens (tertiary/aromatic N) is 1. The van der Waals surface area contributed by atoms with E-state index in [1.54, 1.807) is 18.4 Å².